The zero-order valence-corrected chi connectivity index (χ0v) is 61.1. The molecule has 4 aromatic carbocycles. The Hall–Kier alpha value is -7.29. The van der Waals surface area contributed by atoms with Crippen LogP contribution in [0.2, 0.25) is 0 Å². The first-order chi connectivity index (χ1) is 41.9. The molecule has 92 heavy (non-hydrogen) atoms. The highest BCUT2D eigenvalue weighted by Crippen LogP contribution is 2.45. The van der Waals surface area contributed by atoms with Gasteiger partial charge in [-0.05, 0) is 162 Å². The fraction of sp³-hybridized carbons (Fsp3) is 0.449. The molecule has 3 aliphatic rings. The SMILES string of the molecule is CC(C)(C)c1cc(/C=C/c2cccnc2)cc(C(C)(C)C)c1O.CC(C)(C)c1cc(/C=C2\CCN(C=O)C2=O)cc(C(C)(C)C)c1O.CC(C)(C)c1cc(/C=C2\SC=NC2=O)cc(C(C)(C)C)c1O.C[N+]1=CS/C(=C\c2cc(C(C)(C)C)c(O)c(C(C)(C)C)c2)C1=O. The predicted octanol–water partition coefficient (Wildman–Crippen LogP) is 18.2. The molecule has 8 rings (SSSR count). The standard InChI is InChI=1S/C21H27NO.C20H27NO3.C19H25NO2S.C18H23NO2S/c1-20(2,3)17-12-16(10-9-15-8-7-11-22-14-15)13-18(19(17)23)21(4,5)6;1-19(2,3)15-10-13(11-16(17(15)23)20(4,5)6)9-14-7-8-21(12-22)18(14)24;1-18(2,3)13-8-12(9-14(16(13)21)19(4,5)6)10-15-17(22)20(7)11-23-15;1-17(2,3)12-7-11(9-14-16(21)19-10-22-14)8-13(15(12)20)18(4,5)6/h7-14,23H,1-6H3;9-12,23H,7-8H2,1-6H3;8-11H,1-7H3;7-10,20H,1-6H3/p+1/b10-9+;14-9+;;14-9-. The van der Waals surface area contributed by atoms with Crippen LogP contribution in [0.25, 0.3) is 30.4 Å². The second-order valence-corrected chi connectivity index (χ2v) is 34.1. The van der Waals surface area contributed by atoms with Crippen LogP contribution in [0.4, 0.5) is 0 Å². The molecule has 4 N–H and O–H groups in total. The number of phenolic OH excluding ortho intramolecular Hbond substituents is 4. The average molecular weight is 1290 g/mol. The maximum Gasteiger partial charge on any atom is 0.426 e. The van der Waals surface area contributed by atoms with Gasteiger partial charge in [0.15, 0.2) is 0 Å². The number of phenols is 4. The van der Waals surface area contributed by atoms with Crippen molar-refractivity contribution in [3.8, 4) is 23.0 Å². The summed E-state index contributed by atoms with van der Waals surface area (Å²) in [5.41, 5.74) is 14.9. The number of thioether (sulfide) groups is 2. The summed E-state index contributed by atoms with van der Waals surface area (Å²) in [5.74, 6) is 1.04. The summed E-state index contributed by atoms with van der Waals surface area (Å²) in [6.45, 7) is 50.5. The lowest BCUT2D eigenvalue weighted by molar-refractivity contribution is -0.404. The Morgan fingerprint density at radius 2 is 0.804 bits per heavy atom. The van der Waals surface area contributed by atoms with Crippen LogP contribution in [-0.4, -0.2) is 83.7 Å². The first-order valence-corrected chi connectivity index (χ1v) is 33.2. The van der Waals surface area contributed by atoms with Crippen LogP contribution < -0.4 is 0 Å². The first-order valence-electron chi connectivity index (χ1n) is 31.5. The topological polar surface area (TPSA) is 181 Å². The number of amides is 4. The van der Waals surface area contributed by atoms with Crippen LogP contribution in [0.1, 0.15) is 245 Å². The highest BCUT2D eigenvalue weighted by Gasteiger charge is 2.33. The van der Waals surface area contributed by atoms with E-state index in [0.29, 0.717) is 57.8 Å². The van der Waals surface area contributed by atoms with E-state index in [0.717, 1.165) is 72.3 Å². The smallest absolute Gasteiger partial charge is 0.426 e. The summed E-state index contributed by atoms with van der Waals surface area (Å²) < 4.78 is 1.59. The van der Waals surface area contributed by atoms with Gasteiger partial charge in [-0.1, -0.05) is 196 Å². The van der Waals surface area contributed by atoms with E-state index in [1.807, 2.05) is 78.5 Å². The molecular weight excluding hydrogens is 1190 g/mol. The molecule has 1 saturated heterocycles. The van der Waals surface area contributed by atoms with Crippen LogP contribution in [0.5, 0.6) is 23.0 Å². The minimum atomic E-state index is -0.229. The Morgan fingerprint density at radius 1 is 0.467 bits per heavy atom. The molecule has 494 valence electrons. The van der Waals surface area contributed by atoms with E-state index in [2.05, 4.69) is 200 Å². The molecule has 1 aromatic heterocycles. The van der Waals surface area contributed by atoms with E-state index in [1.54, 1.807) is 23.4 Å². The van der Waals surface area contributed by atoms with Gasteiger partial charge in [0.2, 0.25) is 12.0 Å². The molecule has 4 heterocycles. The lowest BCUT2D eigenvalue weighted by Gasteiger charge is -2.28. The fourth-order valence-corrected chi connectivity index (χ4v) is 11.9. The number of likely N-dealkylation sites (N-methyl/N-ethyl adjacent to an activating group) is 1. The number of rotatable bonds is 6. The third kappa shape index (κ3) is 19.6. The molecule has 14 heteroatoms. The summed E-state index contributed by atoms with van der Waals surface area (Å²) in [5, 5.41) is 42.9. The molecule has 0 spiro atoms. The molecule has 0 atom stereocenters. The van der Waals surface area contributed by atoms with E-state index in [1.165, 1.54) is 28.4 Å². The molecule has 3 aliphatic heterocycles. The summed E-state index contributed by atoms with van der Waals surface area (Å²) in [6, 6.07) is 19.9. The zero-order valence-electron chi connectivity index (χ0n) is 59.5. The minimum absolute atomic E-state index is 0.0118. The summed E-state index contributed by atoms with van der Waals surface area (Å²) in [7, 11) is 1.76. The molecule has 0 radical (unpaired) electrons. The van der Waals surface area contributed by atoms with Crippen molar-refractivity contribution in [3.63, 3.8) is 0 Å². The number of carbonyl (C=O) groups excluding carboxylic acids is 4. The number of hydrogen-bond donors (Lipinski definition) is 4. The van der Waals surface area contributed by atoms with Crippen molar-refractivity contribution >= 4 is 89.1 Å². The molecule has 12 nitrogen and oxygen atoms in total. The third-order valence-corrected chi connectivity index (χ3v) is 17.5. The largest absolute Gasteiger partial charge is 0.507 e. The van der Waals surface area contributed by atoms with Crippen molar-refractivity contribution in [2.45, 2.75) is 216 Å². The van der Waals surface area contributed by atoms with E-state index in [-0.39, 0.29) is 61.0 Å². The number of aromatic nitrogens is 1. The summed E-state index contributed by atoms with van der Waals surface area (Å²) in [4.78, 5) is 57.2. The first kappa shape index (κ1) is 75.4. The van der Waals surface area contributed by atoms with Crippen molar-refractivity contribution in [1.29, 1.82) is 0 Å². The van der Waals surface area contributed by atoms with Gasteiger partial charge in [0.1, 0.15) is 35.0 Å². The maximum atomic E-state index is 12.1. The zero-order chi connectivity index (χ0) is 69.8. The average Bonchev–Trinajstić information content (AvgIpc) is 1.31. The van der Waals surface area contributed by atoms with Crippen LogP contribution in [0.3, 0.4) is 0 Å². The number of imide groups is 1. The minimum Gasteiger partial charge on any atom is -0.507 e. The van der Waals surface area contributed by atoms with E-state index < -0.39 is 0 Å². The fourth-order valence-electron chi connectivity index (χ4n) is 10.4. The Morgan fingerprint density at radius 3 is 1.09 bits per heavy atom. The Bertz CT molecular complexity index is 3650. The van der Waals surface area contributed by atoms with Gasteiger partial charge in [0, 0.05) is 69.0 Å². The second-order valence-electron chi connectivity index (χ2n) is 32.3. The molecule has 0 unspecified atom stereocenters. The monoisotopic (exact) mass is 1290 g/mol. The number of hydrogen-bond acceptors (Lipinski definition) is 11. The van der Waals surface area contributed by atoms with Gasteiger partial charge in [-0.2, -0.15) is 4.58 Å². The third-order valence-electron chi connectivity index (χ3n) is 15.8. The number of aromatic hydroxyl groups is 4. The van der Waals surface area contributed by atoms with Gasteiger partial charge in [0.05, 0.1) is 10.5 Å². The van der Waals surface area contributed by atoms with Gasteiger partial charge < -0.3 is 20.4 Å². The summed E-state index contributed by atoms with van der Waals surface area (Å²) in [6.07, 6.45) is 14.5. The van der Waals surface area contributed by atoms with Gasteiger partial charge in [0.25, 0.3) is 11.8 Å². The van der Waals surface area contributed by atoms with Gasteiger partial charge in [-0.3, -0.25) is 24.3 Å². The van der Waals surface area contributed by atoms with Crippen LogP contribution in [0.15, 0.2) is 93.4 Å². The number of aliphatic imine (C=N–C) groups is 1. The van der Waals surface area contributed by atoms with Crippen molar-refractivity contribution in [1.82, 2.24) is 9.88 Å². The number of pyridine rings is 1. The van der Waals surface area contributed by atoms with Crippen molar-refractivity contribution in [2.75, 3.05) is 13.6 Å². The molecule has 1 fully saturated rings. The molecule has 0 saturated carbocycles. The van der Waals surface area contributed by atoms with Gasteiger partial charge >= 0.3 is 5.91 Å². The molecule has 4 amide bonds. The maximum absolute atomic E-state index is 12.1. The van der Waals surface area contributed by atoms with Gasteiger partial charge in [-0.15, -0.1) is 0 Å². The summed E-state index contributed by atoms with van der Waals surface area (Å²) >= 11 is 2.77. The normalized spacial score (nSPS) is 16.4. The van der Waals surface area contributed by atoms with Crippen LogP contribution in [0, 0.1) is 0 Å². The Labute approximate surface area is 558 Å². The van der Waals surface area contributed by atoms with Crippen molar-refractivity contribution in [3.05, 3.63) is 161 Å². The Balaban J connectivity index is 0.000000223. The number of carbonyl (C=O) groups is 4. The number of likely N-dealkylation sites (tertiary alicyclic amines) is 1. The van der Waals surface area contributed by atoms with Crippen LogP contribution in [-0.2, 0) is 62.5 Å². The van der Waals surface area contributed by atoms with E-state index in [9.17, 15) is 39.6 Å². The van der Waals surface area contributed by atoms with Crippen molar-refractivity contribution in [2.24, 2.45) is 4.99 Å². The highest BCUT2D eigenvalue weighted by molar-refractivity contribution is 8.17. The molecule has 0 aliphatic carbocycles. The van der Waals surface area contributed by atoms with Crippen LogP contribution >= 0.6 is 23.5 Å². The van der Waals surface area contributed by atoms with Crippen molar-refractivity contribution < 1.29 is 44.2 Å². The predicted molar refractivity (Wildman–Crippen MR) is 387 cm³/mol. The molecule has 5 aromatic rings. The van der Waals surface area contributed by atoms with E-state index >= 15 is 0 Å². The second kappa shape index (κ2) is 28.5. The van der Waals surface area contributed by atoms with E-state index in [4.69, 9.17) is 0 Å². The molecular formula is C78H103N4O8S2+. The Kier molecular flexibility index (Phi) is 23.4. The molecule has 0 bridgehead atoms. The lowest BCUT2D eigenvalue weighted by Crippen LogP contribution is -2.22. The number of benzene rings is 4. The number of nitrogens with zero attached hydrogens (tertiary/aromatic N) is 4. The lowest BCUT2D eigenvalue weighted by atomic mass is 9.78. The highest BCUT2D eigenvalue weighted by atomic mass is 32.2. The quantitative estimate of drug-likeness (QED) is 0.0722. The van der Waals surface area contributed by atoms with Gasteiger partial charge in [-0.25, -0.2) is 9.79 Å².